The third kappa shape index (κ3) is 3.13. The summed E-state index contributed by atoms with van der Waals surface area (Å²) in [6.45, 7) is 1.22. The molecule has 1 amide bonds. The summed E-state index contributed by atoms with van der Waals surface area (Å²) >= 11 is 0. The van der Waals surface area contributed by atoms with Crippen molar-refractivity contribution in [2.45, 2.75) is 23.3 Å². The molecule has 0 aliphatic carbocycles. The van der Waals surface area contributed by atoms with E-state index in [0.717, 1.165) is 0 Å². The highest BCUT2D eigenvalue weighted by molar-refractivity contribution is 7.96. The predicted octanol–water partition coefficient (Wildman–Crippen LogP) is 2.25. The molecule has 1 saturated heterocycles. The van der Waals surface area contributed by atoms with Gasteiger partial charge in [-0.1, -0.05) is 34.5 Å². The first-order valence-electron chi connectivity index (χ1n) is 8.59. The molecule has 1 atom stereocenters. The minimum Gasteiger partial charge on any atom is -0.593 e. The average Bonchev–Trinajstić information content (AvgIpc) is 2.77. The number of likely N-dealkylation sites (tertiary alicyclic amines) is 1. The van der Waals surface area contributed by atoms with Gasteiger partial charge in [0, 0.05) is 18.7 Å². The van der Waals surface area contributed by atoms with Crippen LogP contribution in [0, 0.1) is 0 Å². The van der Waals surface area contributed by atoms with Gasteiger partial charge in [0.05, 0.1) is 0 Å². The number of para-hydroxylation sites is 1. The number of sulfonamides is 1. The van der Waals surface area contributed by atoms with Crippen LogP contribution >= 0.6 is 0 Å². The molecular weight excluding hydrogens is 352 g/mol. The van der Waals surface area contributed by atoms with Gasteiger partial charge in [0.2, 0.25) is 4.90 Å². The van der Waals surface area contributed by atoms with Gasteiger partial charge in [-0.15, -0.1) is 4.72 Å². The highest BCUT2D eigenvalue weighted by Gasteiger charge is 2.46. The molecule has 2 aromatic rings. The van der Waals surface area contributed by atoms with Gasteiger partial charge in [-0.25, -0.2) is 0 Å². The highest BCUT2D eigenvalue weighted by Crippen LogP contribution is 2.35. The third-order valence-electron chi connectivity index (χ3n) is 5.02. The fraction of sp³-hybridized carbons (Fsp3) is 0.316. The lowest BCUT2D eigenvalue weighted by Crippen LogP contribution is -2.59. The number of rotatable bonds is 1. The Morgan fingerprint density at radius 3 is 2.46 bits per heavy atom. The molecule has 7 heteroatoms. The van der Waals surface area contributed by atoms with Crippen LogP contribution < -0.4 is 9.46 Å². The number of fused-ring (bicyclic) bond motifs is 1. The second-order valence-corrected chi connectivity index (χ2v) is 8.43. The largest absolute Gasteiger partial charge is 0.593 e. The van der Waals surface area contributed by atoms with E-state index in [4.69, 9.17) is 4.74 Å². The van der Waals surface area contributed by atoms with Crippen LogP contribution in [0.15, 0.2) is 59.5 Å². The zero-order chi connectivity index (χ0) is 18.2. The van der Waals surface area contributed by atoms with Gasteiger partial charge >= 0.3 is 0 Å². The van der Waals surface area contributed by atoms with Gasteiger partial charge in [-0.05, 0) is 37.1 Å². The van der Waals surface area contributed by atoms with E-state index in [1.54, 1.807) is 41.3 Å². The molecule has 26 heavy (non-hydrogen) atoms. The van der Waals surface area contributed by atoms with Crippen molar-refractivity contribution in [3.8, 4) is 5.75 Å². The zero-order valence-electron chi connectivity index (χ0n) is 14.2. The SMILES string of the molecule is O=C(c1ccccc1)N1CCC2(CC1)COc1ccccc1[S+](=O)([O-])N2. The van der Waals surface area contributed by atoms with E-state index in [0.29, 0.717) is 37.2 Å². The standard InChI is InChI=1S/C19H20N2O4S/c22-18(15-6-2-1-3-7-15)21-12-10-19(11-13-21)14-25-16-8-4-5-9-17(16)26(23,24)20-19/h1-9H,10-14H2,(H-,20,23,24). The molecule has 1 spiro atoms. The van der Waals surface area contributed by atoms with E-state index >= 15 is 0 Å². The van der Waals surface area contributed by atoms with Crippen molar-refractivity contribution in [3.05, 3.63) is 60.2 Å². The van der Waals surface area contributed by atoms with E-state index in [-0.39, 0.29) is 17.4 Å². The molecule has 0 saturated carbocycles. The summed E-state index contributed by atoms with van der Waals surface area (Å²) in [4.78, 5) is 14.5. The van der Waals surface area contributed by atoms with Gasteiger partial charge < -0.3 is 14.2 Å². The Morgan fingerprint density at radius 1 is 1.08 bits per heavy atom. The van der Waals surface area contributed by atoms with Gasteiger partial charge in [-0.3, -0.25) is 4.79 Å². The monoisotopic (exact) mass is 372 g/mol. The molecule has 1 unspecified atom stereocenters. The smallest absolute Gasteiger partial charge is 0.253 e. The van der Waals surface area contributed by atoms with Crippen LogP contribution in [0.1, 0.15) is 23.2 Å². The number of benzene rings is 2. The molecule has 0 aromatic heterocycles. The quantitative estimate of drug-likeness (QED) is 0.779. The lowest BCUT2D eigenvalue weighted by Gasteiger charge is -2.40. The van der Waals surface area contributed by atoms with E-state index in [2.05, 4.69) is 4.72 Å². The summed E-state index contributed by atoms with van der Waals surface area (Å²) in [5.41, 5.74) is -0.0424. The van der Waals surface area contributed by atoms with Crippen molar-refractivity contribution in [1.82, 2.24) is 9.62 Å². The van der Waals surface area contributed by atoms with Crippen LogP contribution in [-0.2, 0) is 14.6 Å². The second-order valence-electron chi connectivity index (χ2n) is 6.78. The van der Waals surface area contributed by atoms with Crippen LogP contribution in [0.25, 0.3) is 0 Å². The minimum absolute atomic E-state index is 0.0267. The van der Waals surface area contributed by atoms with E-state index < -0.39 is 15.9 Å². The molecule has 4 rings (SSSR count). The lowest BCUT2D eigenvalue weighted by atomic mass is 9.89. The predicted molar refractivity (Wildman–Crippen MR) is 96.5 cm³/mol. The summed E-state index contributed by atoms with van der Waals surface area (Å²) in [7, 11) is -3.65. The van der Waals surface area contributed by atoms with Crippen LogP contribution in [0.3, 0.4) is 0 Å². The summed E-state index contributed by atoms with van der Waals surface area (Å²) in [5, 5.41) is 0. The van der Waals surface area contributed by atoms with Crippen molar-refractivity contribution in [1.29, 1.82) is 0 Å². The summed E-state index contributed by atoms with van der Waals surface area (Å²) in [6.07, 6.45) is 1.03. The molecule has 2 heterocycles. The van der Waals surface area contributed by atoms with Crippen LogP contribution in [0.5, 0.6) is 5.75 Å². The zero-order valence-corrected chi connectivity index (χ0v) is 15.0. The molecule has 1 fully saturated rings. The van der Waals surface area contributed by atoms with Crippen molar-refractivity contribution in [2.24, 2.45) is 0 Å². The van der Waals surface area contributed by atoms with Crippen LogP contribution in [0.2, 0.25) is 0 Å². The summed E-state index contributed by atoms with van der Waals surface area (Å²) < 4.78 is 34.1. The number of piperidine rings is 1. The molecule has 1 N–H and O–H groups in total. The van der Waals surface area contributed by atoms with Crippen LogP contribution in [-0.4, -0.2) is 40.6 Å². The summed E-state index contributed by atoms with van der Waals surface area (Å²) in [6, 6.07) is 15.8. The van der Waals surface area contributed by atoms with Gasteiger partial charge in [0.1, 0.15) is 12.1 Å². The fourth-order valence-electron chi connectivity index (χ4n) is 3.52. The highest BCUT2D eigenvalue weighted by atomic mass is 32.3. The van der Waals surface area contributed by atoms with Gasteiger partial charge in [0.15, 0.2) is 16.1 Å². The van der Waals surface area contributed by atoms with Crippen molar-refractivity contribution in [2.75, 3.05) is 19.7 Å². The maximum Gasteiger partial charge on any atom is 0.253 e. The topological polar surface area (TPSA) is 81.7 Å². The molecule has 2 aliphatic rings. The molecule has 2 aliphatic heterocycles. The normalized spacial score (nSPS) is 24.4. The first-order valence-corrected chi connectivity index (χ1v) is 10.1. The lowest BCUT2D eigenvalue weighted by molar-refractivity contribution is 0.0604. The summed E-state index contributed by atoms with van der Waals surface area (Å²) in [5.74, 6) is 0.348. The molecule has 6 nitrogen and oxygen atoms in total. The van der Waals surface area contributed by atoms with Crippen molar-refractivity contribution >= 4 is 16.3 Å². The Kier molecular flexibility index (Phi) is 4.30. The Hall–Kier alpha value is -2.22. The van der Waals surface area contributed by atoms with Crippen LogP contribution in [0.4, 0.5) is 0 Å². The molecular formula is C19H20N2O4S. The van der Waals surface area contributed by atoms with Gasteiger partial charge in [0.25, 0.3) is 5.91 Å². The molecule has 0 radical (unpaired) electrons. The third-order valence-corrected chi connectivity index (χ3v) is 6.64. The Balaban J connectivity index is 1.51. The number of hydrogen-bond acceptors (Lipinski definition) is 4. The number of hydrogen-bond donors (Lipinski definition) is 1. The second kappa shape index (κ2) is 6.50. The number of carbonyl (C=O) groups excluding carboxylic acids is 1. The molecule has 2 aromatic carbocycles. The number of nitrogens with zero attached hydrogens (tertiary/aromatic N) is 1. The number of carbonyl (C=O) groups is 1. The molecule has 0 bridgehead atoms. The average molecular weight is 372 g/mol. The number of amides is 1. The van der Waals surface area contributed by atoms with E-state index in [1.165, 1.54) is 0 Å². The van der Waals surface area contributed by atoms with Crippen molar-refractivity contribution in [3.63, 3.8) is 0 Å². The fourth-order valence-corrected chi connectivity index (χ4v) is 5.12. The van der Waals surface area contributed by atoms with Crippen molar-refractivity contribution < 1.29 is 18.3 Å². The maximum absolute atomic E-state index is 12.7. The Labute approximate surface area is 153 Å². The Bertz CT molecular complexity index is 863. The van der Waals surface area contributed by atoms with E-state index in [9.17, 15) is 13.6 Å². The molecule has 136 valence electrons. The van der Waals surface area contributed by atoms with E-state index in [1.807, 2.05) is 18.2 Å². The van der Waals surface area contributed by atoms with Gasteiger partial charge in [-0.2, -0.15) is 0 Å². The number of ether oxygens (including phenoxy) is 1. The maximum atomic E-state index is 12.7. The number of nitrogens with one attached hydrogen (secondary N) is 1. The first-order chi connectivity index (χ1) is 12.5. The Morgan fingerprint density at radius 2 is 1.73 bits per heavy atom. The first kappa shape index (κ1) is 17.2. The minimum atomic E-state index is -3.65.